The molecule has 2 N–H and O–H groups in total. The van der Waals surface area contributed by atoms with Crippen LogP contribution in [0.1, 0.15) is 52.4 Å². The predicted octanol–water partition coefficient (Wildman–Crippen LogP) is 1.84. The van der Waals surface area contributed by atoms with E-state index in [1.54, 1.807) is 0 Å². The van der Waals surface area contributed by atoms with Crippen molar-refractivity contribution in [1.29, 1.82) is 0 Å². The van der Waals surface area contributed by atoms with E-state index in [1.165, 1.54) is 12.8 Å². The normalized spacial score (nSPS) is 23.9. The lowest BCUT2D eigenvalue weighted by Crippen LogP contribution is -2.57. The van der Waals surface area contributed by atoms with Gasteiger partial charge in [0.2, 0.25) is 5.91 Å². The van der Waals surface area contributed by atoms with Gasteiger partial charge in [0.1, 0.15) is 0 Å². The number of unbranched alkanes of at least 4 members (excludes halogenated alkanes) is 1. The number of hydrogen-bond acceptors (Lipinski definition) is 3. The molecule has 0 saturated carbocycles. The largest absolute Gasteiger partial charge is 0.381 e. The van der Waals surface area contributed by atoms with Gasteiger partial charge in [-0.05, 0) is 45.6 Å². The van der Waals surface area contributed by atoms with Crippen molar-refractivity contribution in [3.63, 3.8) is 0 Å². The Bertz CT molecular complexity index is 238. The third-order valence-electron chi connectivity index (χ3n) is 3.51. The van der Waals surface area contributed by atoms with E-state index in [2.05, 4.69) is 17.6 Å². The number of ether oxygens (including phenoxy) is 1. The highest BCUT2D eigenvalue weighted by Gasteiger charge is 2.33. The molecule has 1 rings (SSSR count). The second kappa shape index (κ2) is 8.48. The van der Waals surface area contributed by atoms with Crippen LogP contribution in [-0.2, 0) is 9.53 Å². The smallest absolute Gasteiger partial charge is 0.240 e. The zero-order valence-electron chi connectivity index (χ0n) is 11.9. The molecular weight excluding hydrogens is 228 g/mol. The molecule has 1 fully saturated rings. The third kappa shape index (κ3) is 5.36. The molecule has 4 heteroatoms. The van der Waals surface area contributed by atoms with Gasteiger partial charge in [-0.3, -0.25) is 4.79 Å². The van der Waals surface area contributed by atoms with E-state index in [1.807, 2.05) is 6.92 Å². The fourth-order valence-corrected chi connectivity index (χ4v) is 2.17. The summed E-state index contributed by atoms with van der Waals surface area (Å²) in [5.41, 5.74) is -0.360. The first kappa shape index (κ1) is 15.4. The van der Waals surface area contributed by atoms with Gasteiger partial charge in [-0.15, -0.1) is 0 Å². The molecule has 1 atom stereocenters. The number of nitrogens with one attached hydrogen (secondary N) is 2. The average Bonchev–Trinajstić information content (AvgIpc) is 2.38. The van der Waals surface area contributed by atoms with Gasteiger partial charge in [0, 0.05) is 19.8 Å². The Morgan fingerprint density at radius 3 is 2.78 bits per heavy atom. The van der Waals surface area contributed by atoms with Crippen LogP contribution in [0.4, 0.5) is 0 Å². The highest BCUT2D eigenvalue weighted by atomic mass is 16.5. The third-order valence-corrected chi connectivity index (χ3v) is 3.51. The number of piperidine rings is 1. The van der Waals surface area contributed by atoms with E-state index in [0.717, 1.165) is 45.4 Å². The van der Waals surface area contributed by atoms with Crippen molar-refractivity contribution >= 4 is 5.91 Å². The molecular formula is C14H28N2O2. The lowest BCUT2D eigenvalue weighted by atomic mass is 9.90. The van der Waals surface area contributed by atoms with Gasteiger partial charge in [0.05, 0.1) is 5.54 Å². The molecule has 0 bridgehead atoms. The summed E-state index contributed by atoms with van der Waals surface area (Å²) >= 11 is 0. The summed E-state index contributed by atoms with van der Waals surface area (Å²) in [4.78, 5) is 12.0. The van der Waals surface area contributed by atoms with Crippen molar-refractivity contribution in [2.75, 3.05) is 26.3 Å². The number of carbonyl (C=O) groups is 1. The van der Waals surface area contributed by atoms with Crippen molar-refractivity contribution in [2.24, 2.45) is 0 Å². The fraction of sp³-hybridized carbons (Fsp3) is 0.929. The van der Waals surface area contributed by atoms with E-state index >= 15 is 0 Å². The maximum absolute atomic E-state index is 12.0. The Labute approximate surface area is 111 Å². The zero-order valence-corrected chi connectivity index (χ0v) is 11.9. The molecule has 1 heterocycles. The quantitative estimate of drug-likeness (QED) is 0.652. The molecule has 0 aromatic carbocycles. The van der Waals surface area contributed by atoms with Crippen molar-refractivity contribution in [3.05, 3.63) is 0 Å². The molecule has 1 unspecified atom stereocenters. The van der Waals surface area contributed by atoms with Crippen LogP contribution in [0.25, 0.3) is 0 Å². The number of amides is 1. The maximum Gasteiger partial charge on any atom is 0.240 e. The summed E-state index contributed by atoms with van der Waals surface area (Å²) in [5.74, 6) is 0.135. The van der Waals surface area contributed by atoms with Crippen molar-refractivity contribution in [3.8, 4) is 0 Å². The van der Waals surface area contributed by atoms with Crippen LogP contribution in [0.2, 0.25) is 0 Å². The van der Waals surface area contributed by atoms with Crippen LogP contribution < -0.4 is 10.6 Å². The summed E-state index contributed by atoms with van der Waals surface area (Å²) in [6.07, 6.45) is 6.43. The van der Waals surface area contributed by atoms with Gasteiger partial charge in [0.25, 0.3) is 0 Å². The van der Waals surface area contributed by atoms with Gasteiger partial charge in [0.15, 0.2) is 0 Å². The van der Waals surface area contributed by atoms with Gasteiger partial charge in [-0.2, -0.15) is 0 Å². The van der Waals surface area contributed by atoms with Crippen molar-refractivity contribution in [2.45, 2.75) is 57.9 Å². The predicted molar refractivity (Wildman–Crippen MR) is 73.6 cm³/mol. The van der Waals surface area contributed by atoms with E-state index in [4.69, 9.17) is 4.74 Å². The molecule has 0 radical (unpaired) electrons. The summed E-state index contributed by atoms with van der Waals surface area (Å²) in [6, 6.07) is 0. The molecule has 1 aliphatic heterocycles. The minimum Gasteiger partial charge on any atom is -0.381 e. The minimum atomic E-state index is -0.360. The Balaban J connectivity index is 2.05. The standard InChI is InChI=1S/C14H28N2O2/c1-3-4-11-18-12-7-9-15-13(17)14(2)8-5-6-10-16-14/h16H,3-12H2,1-2H3,(H,15,17). The fourth-order valence-electron chi connectivity index (χ4n) is 2.17. The van der Waals surface area contributed by atoms with Crippen LogP contribution in [0.3, 0.4) is 0 Å². The van der Waals surface area contributed by atoms with Crippen molar-refractivity contribution in [1.82, 2.24) is 10.6 Å². The van der Waals surface area contributed by atoms with Crippen LogP contribution in [-0.4, -0.2) is 37.7 Å². The minimum absolute atomic E-state index is 0.135. The van der Waals surface area contributed by atoms with Crippen molar-refractivity contribution < 1.29 is 9.53 Å². The van der Waals surface area contributed by atoms with Crippen LogP contribution >= 0.6 is 0 Å². The lowest BCUT2D eigenvalue weighted by molar-refractivity contribution is -0.127. The first-order valence-electron chi connectivity index (χ1n) is 7.30. The molecule has 1 saturated heterocycles. The second-order valence-corrected chi connectivity index (χ2v) is 5.29. The van der Waals surface area contributed by atoms with Crippen LogP contribution in [0, 0.1) is 0 Å². The highest BCUT2D eigenvalue weighted by molar-refractivity contribution is 5.85. The average molecular weight is 256 g/mol. The number of hydrogen-bond donors (Lipinski definition) is 2. The Morgan fingerprint density at radius 2 is 2.11 bits per heavy atom. The number of carbonyl (C=O) groups excluding carboxylic acids is 1. The van der Waals surface area contributed by atoms with Gasteiger partial charge < -0.3 is 15.4 Å². The van der Waals surface area contributed by atoms with Gasteiger partial charge in [-0.25, -0.2) is 0 Å². The molecule has 1 amide bonds. The summed E-state index contributed by atoms with van der Waals surface area (Å²) in [5, 5.41) is 6.32. The topological polar surface area (TPSA) is 50.4 Å². The molecule has 0 spiro atoms. The summed E-state index contributed by atoms with van der Waals surface area (Å²) in [6.45, 7) is 7.39. The Kier molecular flexibility index (Phi) is 7.28. The second-order valence-electron chi connectivity index (χ2n) is 5.29. The molecule has 18 heavy (non-hydrogen) atoms. The van der Waals surface area contributed by atoms with Crippen LogP contribution in [0.15, 0.2) is 0 Å². The highest BCUT2D eigenvalue weighted by Crippen LogP contribution is 2.18. The molecule has 0 aromatic rings. The first-order chi connectivity index (χ1) is 8.69. The van der Waals surface area contributed by atoms with E-state index < -0.39 is 0 Å². The molecule has 106 valence electrons. The SMILES string of the molecule is CCCCOCCCNC(=O)C1(C)CCCCN1. The molecule has 0 aromatic heterocycles. The van der Waals surface area contributed by atoms with E-state index in [9.17, 15) is 4.79 Å². The first-order valence-corrected chi connectivity index (χ1v) is 7.30. The Morgan fingerprint density at radius 1 is 1.33 bits per heavy atom. The molecule has 4 nitrogen and oxygen atoms in total. The molecule has 1 aliphatic rings. The Hall–Kier alpha value is -0.610. The van der Waals surface area contributed by atoms with Gasteiger partial charge >= 0.3 is 0 Å². The van der Waals surface area contributed by atoms with E-state index in [0.29, 0.717) is 6.54 Å². The van der Waals surface area contributed by atoms with E-state index in [-0.39, 0.29) is 11.4 Å². The molecule has 0 aliphatic carbocycles. The van der Waals surface area contributed by atoms with Crippen LogP contribution in [0.5, 0.6) is 0 Å². The maximum atomic E-state index is 12.0. The number of rotatable bonds is 8. The monoisotopic (exact) mass is 256 g/mol. The summed E-state index contributed by atoms with van der Waals surface area (Å²) in [7, 11) is 0. The zero-order chi connectivity index (χ0) is 13.3. The van der Waals surface area contributed by atoms with Gasteiger partial charge in [-0.1, -0.05) is 13.3 Å². The lowest BCUT2D eigenvalue weighted by Gasteiger charge is -2.33. The summed E-state index contributed by atoms with van der Waals surface area (Å²) < 4.78 is 5.46.